The van der Waals surface area contributed by atoms with Crippen LogP contribution in [0.15, 0.2) is 24.3 Å². The van der Waals surface area contributed by atoms with Gasteiger partial charge in [-0.2, -0.15) is 0 Å². The molecule has 1 aromatic rings. The molecule has 0 aliphatic heterocycles. The number of benzene rings is 1. The Balaban J connectivity index is 2.38. The first-order valence-corrected chi connectivity index (χ1v) is 5.77. The van der Waals surface area contributed by atoms with E-state index in [1.165, 1.54) is 0 Å². The highest BCUT2D eigenvalue weighted by Gasteiger charge is 2.14. The van der Waals surface area contributed by atoms with Crippen LogP contribution >= 0.6 is 11.6 Å². The first-order chi connectivity index (χ1) is 8.02. The van der Waals surface area contributed by atoms with E-state index >= 15 is 0 Å². The van der Waals surface area contributed by atoms with E-state index in [9.17, 15) is 4.79 Å². The number of hydrogen-bond acceptors (Lipinski definition) is 3. The summed E-state index contributed by atoms with van der Waals surface area (Å²) >= 11 is 5.94. The van der Waals surface area contributed by atoms with Gasteiger partial charge in [0.1, 0.15) is 12.4 Å². The van der Waals surface area contributed by atoms with Crippen LogP contribution in [-0.2, 0) is 4.79 Å². The standard InChI is InChI=1S/C12H17ClN2O2/c1-9(12(14)16)15(2)7-8-17-11-6-4-3-5-10(11)13/h3-6,9H,7-8H2,1-2H3,(H2,14,16)/t9-/m1/s1. The van der Waals surface area contributed by atoms with Gasteiger partial charge in [-0.05, 0) is 26.1 Å². The average molecular weight is 257 g/mol. The molecule has 0 saturated heterocycles. The largest absolute Gasteiger partial charge is 0.491 e. The zero-order valence-electron chi connectivity index (χ0n) is 10.0. The molecule has 4 nitrogen and oxygen atoms in total. The third kappa shape index (κ3) is 4.24. The summed E-state index contributed by atoms with van der Waals surface area (Å²) in [7, 11) is 1.82. The predicted octanol–water partition coefficient (Wildman–Crippen LogP) is 1.52. The fraction of sp³-hybridized carbons (Fsp3) is 0.417. The molecular weight excluding hydrogens is 240 g/mol. The fourth-order valence-electron chi connectivity index (χ4n) is 1.27. The van der Waals surface area contributed by atoms with E-state index in [4.69, 9.17) is 22.1 Å². The number of hydrogen-bond donors (Lipinski definition) is 1. The Hall–Kier alpha value is -1.26. The molecule has 5 heteroatoms. The molecule has 0 aromatic heterocycles. The molecule has 17 heavy (non-hydrogen) atoms. The number of primary amides is 1. The van der Waals surface area contributed by atoms with Gasteiger partial charge in [0.05, 0.1) is 11.1 Å². The van der Waals surface area contributed by atoms with Crippen molar-refractivity contribution in [2.24, 2.45) is 5.73 Å². The average Bonchev–Trinajstić information content (AvgIpc) is 2.30. The molecular formula is C12H17ClN2O2. The highest BCUT2D eigenvalue weighted by molar-refractivity contribution is 6.32. The summed E-state index contributed by atoms with van der Waals surface area (Å²) in [5.41, 5.74) is 5.20. The van der Waals surface area contributed by atoms with Crippen LogP contribution in [0.25, 0.3) is 0 Å². The summed E-state index contributed by atoms with van der Waals surface area (Å²) in [6, 6.07) is 6.98. The third-order valence-corrected chi connectivity index (χ3v) is 2.92. The monoisotopic (exact) mass is 256 g/mol. The van der Waals surface area contributed by atoms with Crippen molar-refractivity contribution in [3.8, 4) is 5.75 Å². The lowest BCUT2D eigenvalue weighted by molar-refractivity contribution is -0.122. The van der Waals surface area contributed by atoms with E-state index in [-0.39, 0.29) is 11.9 Å². The summed E-state index contributed by atoms with van der Waals surface area (Å²) in [4.78, 5) is 12.8. The molecule has 94 valence electrons. The van der Waals surface area contributed by atoms with Crippen molar-refractivity contribution in [1.82, 2.24) is 4.90 Å². The number of amides is 1. The molecule has 0 fully saturated rings. The number of likely N-dealkylation sites (N-methyl/N-ethyl adjacent to an activating group) is 1. The van der Waals surface area contributed by atoms with Gasteiger partial charge < -0.3 is 10.5 Å². The number of nitrogens with two attached hydrogens (primary N) is 1. The fourth-order valence-corrected chi connectivity index (χ4v) is 1.46. The highest BCUT2D eigenvalue weighted by Crippen LogP contribution is 2.22. The van der Waals surface area contributed by atoms with Gasteiger partial charge in [-0.15, -0.1) is 0 Å². The maximum atomic E-state index is 10.9. The van der Waals surface area contributed by atoms with Crippen molar-refractivity contribution in [3.63, 3.8) is 0 Å². The minimum absolute atomic E-state index is 0.301. The Morgan fingerprint density at radius 3 is 2.76 bits per heavy atom. The smallest absolute Gasteiger partial charge is 0.234 e. The van der Waals surface area contributed by atoms with Crippen LogP contribution in [0.1, 0.15) is 6.92 Å². The SMILES string of the molecule is C[C@H](C(N)=O)N(C)CCOc1ccccc1Cl. The molecule has 1 amide bonds. The van der Waals surface area contributed by atoms with Gasteiger partial charge >= 0.3 is 0 Å². The van der Waals surface area contributed by atoms with Crippen LogP contribution in [-0.4, -0.2) is 37.0 Å². The van der Waals surface area contributed by atoms with Gasteiger partial charge in [0.2, 0.25) is 5.91 Å². The molecule has 0 spiro atoms. The molecule has 0 aliphatic carbocycles. The Bertz CT molecular complexity index is 385. The first kappa shape index (κ1) is 13.8. The Morgan fingerprint density at radius 1 is 1.53 bits per heavy atom. The highest BCUT2D eigenvalue weighted by atomic mass is 35.5. The molecule has 1 rings (SSSR count). The minimum atomic E-state index is -0.342. The molecule has 1 atom stereocenters. The van der Waals surface area contributed by atoms with Crippen molar-refractivity contribution in [2.45, 2.75) is 13.0 Å². The number of rotatable bonds is 6. The lowest BCUT2D eigenvalue weighted by Crippen LogP contribution is -2.42. The molecule has 0 saturated carbocycles. The van der Waals surface area contributed by atoms with Crippen LogP contribution in [0.2, 0.25) is 5.02 Å². The maximum Gasteiger partial charge on any atom is 0.234 e. The van der Waals surface area contributed by atoms with Crippen LogP contribution in [0, 0.1) is 0 Å². The second kappa shape index (κ2) is 6.47. The lowest BCUT2D eigenvalue weighted by Gasteiger charge is -2.21. The predicted molar refractivity (Wildman–Crippen MR) is 68.2 cm³/mol. The number of nitrogens with zero attached hydrogens (tertiary/aromatic N) is 1. The van der Waals surface area contributed by atoms with Gasteiger partial charge in [-0.1, -0.05) is 23.7 Å². The number of carbonyl (C=O) groups is 1. The summed E-state index contributed by atoms with van der Waals surface area (Å²) in [5.74, 6) is 0.305. The van der Waals surface area contributed by atoms with Gasteiger partial charge in [0.15, 0.2) is 0 Å². The van der Waals surface area contributed by atoms with Crippen LogP contribution in [0.4, 0.5) is 0 Å². The Labute approximate surface area is 106 Å². The van der Waals surface area contributed by atoms with Gasteiger partial charge in [-0.3, -0.25) is 9.69 Å². The lowest BCUT2D eigenvalue weighted by atomic mass is 10.3. The second-order valence-corrected chi connectivity index (χ2v) is 4.25. The van der Waals surface area contributed by atoms with Gasteiger partial charge in [-0.25, -0.2) is 0 Å². The second-order valence-electron chi connectivity index (χ2n) is 3.84. The van der Waals surface area contributed by atoms with E-state index in [0.717, 1.165) is 0 Å². The third-order valence-electron chi connectivity index (χ3n) is 2.61. The van der Waals surface area contributed by atoms with Crippen LogP contribution in [0.3, 0.4) is 0 Å². The Kier molecular flexibility index (Phi) is 5.25. The molecule has 0 unspecified atom stereocenters. The normalized spacial score (nSPS) is 12.5. The summed E-state index contributed by atoms with van der Waals surface area (Å²) < 4.78 is 5.51. The molecule has 0 heterocycles. The van der Waals surface area contributed by atoms with E-state index in [1.807, 2.05) is 24.1 Å². The van der Waals surface area contributed by atoms with E-state index in [0.29, 0.717) is 23.9 Å². The van der Waals surface area contributed by atoms with E-state index < -0.39 is 0 Å². The van der Waals surface area contributed by atoms with Crippen molar-refractivity contribution in [2.75, 3.05) is 20.2 Å². The first-order valence-electron chi connectivity index (χ1n) is 5.39. The van der Waals surface area contributed by atoms with E-state index in [2.05, 4.69) is 0 Å². The molecule has 0 radical (unpaired) electrons. The maximum absolute atomic E-state index is 10.9. The van der Waals surface area contributed by atoms with Crippen molar-refractivity contribution in [3.05, 3.63) is 29.3 Å². The zero-order chi connectivity index (χ0) is 12.8. The number of halogens is 1. The quantitative estimate of drug-likeness (QED) is 0.840. The van der Waals surface area contributed by atoms with Gasteiger partial charge in [0, 0.05) is 6.54 Å². The Morgan fingerprint density at radius 2 is 2.18 bits per heavy atom. The summed E-state index contributed by atoms with van der Waals surface area (Å²) in [5, 5.41) is 0.582. The number of ether oxygens (including phenoxy) is 1. The summed E-state index contributed by atoms with van der Waals surface area (Å²) in [6.07, 6.45) is 0. The van der Waals surface area contributed by atoms with Crippen LogP contribution in [0.5, 0.6) is 5.75 Å². The topological polar surface area (TPSA) is 55.6 Å². The van der Waals surface area contributed by atoms with Crippen molar-refractivity contribution >= 4 is 17.5 Å². The minimum Gasteiger partial charge on any atom is -0.491 e. The summed E-state index contributed by atoms with van der Waals surface area (Å²) in [6.45, 7) is 2.82. The number of carbonyl (C=O) groups excluding carboxylic acids is 1. The number of para-hydroxylation sites is 1. The molecule has 2 N–H and O–H groups in total. The van der Waals surface area contributed by atoms with Crippen molar-refractivity contribution < 1.29 is 9.53 Å². The molecule has 1 aromatic carbocycles. The van der Waals surface area contributed by atoms with E-state index in [1.54, 1.807) is 19.1 Å². The van der Waals surface area contributed by atoms with Gasteiger partial charge in [0.25, 0.3) is 0 Å². The van der Waals surface area contributed by atoms with Crippen LogP contribution < -0.4 is 10.5 Å². The van der Waals surface area contributed by atoms with Crippen molar-refractivity contribution in [1.29, 1.82) is 0 Å². The molecule has 0 bridgehead atoms. The molecule has 0 aliphatic rings. The zero-order valence-corrected chi connectivity index (χ0v) is 10.8.